The Bertz CT molecular complexity index is 803. The summed E-state index contributed by atoms with van der Waals surface area (Å²) in [6.07, 6.45) is 6.81. The van der Waals surface area contributed by atoms with E-state index in [0.717, 1.165) is 24.3 Å². The van der Waals surface area contributed by atoms with Gasteiger partial charge in [0.15, 0.2) is 0 Å². The lowest BCUT2D eigenvalue weighted by Gasteiger charge is -2.15. The van der Waals surface area contributed by atoms with Crippen molar-refractivity contribution in [1.82, 2.24) is 9.38 Å². The number of aromatic nitrogens is 2. The second kappa shape index (κ2) is 5.44. The standard InChI is InChI=1S/C18H18FN3/c19-15-10-4-3-9-14(15)17-18(20-13-7-1-2-8-13)22-12-6-5-11-16(22)21-17/h3-6,9-13,20H,1-2,7-8H2. The molecule has 2 aromatic heterocycles. The highest BCUT2D eigenvalue weighted by molar-refractivity contribution is 5.77. The largest absolute Gasteiger partial charge is 0.367 e. The summed E-state index contributed by atoms with van der Waals surface area (Å²) in [6.45, 7) is 0. The second-order valence-corrected chi connectivity index (χ2v) is 5.84. The van der Waals surface area contributed by atoms with Crippen LogP contribution in [0.15, 0.2) is 48.7 Å². The molecule has 1 aromatic carbocycles. The molecule has 0 unspecified atom stereocenters. The van der Waals surface area contributed by atoms with Crippen molar-refractivity contribution in [2.24, 2.45) is 0 Å². The summed E-state index contributed by atoms with van der Waals surface area (Å²) in [6, 6.07) is 13.2. The number of pyridine rings is 1. The van der Waals surface area contributed by atoms with Crippen LogP contribution in [0.3, 0.4) is 0 Å². The van der Waals surface area contributed by atoms with Gasteiger partial charge in [-0.2, -0.15) is 0 Å². The lowest BCUT2D eigenvalue weighted by molar-refractivity contribution is 0.631. The fourth-order valence-corrected chi connectivity index (χ4v) is 3.24. The third-order valence-electron chi connectivity index (χ3n) is 4.35. The predicted octanol–water partition coefficient (Wildman–Crippen LogP) is 4.49. The monoisotopic (exact) mass is 295 g/mol. The molecule has 22 heavy (non-hydrogen) atoms. The van der Waals surface area contributed by atoms with E-state index in [9.17, 15) is 4.39 Å². The average molecular weight is 295 g/mol. The third-order valence-corrected chi connectivity index (χ3v) is 4.35. The maximum atomic E-state index is 14.2. The van der Waals surface area contributed by atoms with Crippen molar-refractivity contribution in [3.63, 3.8) is 0 Å². The molecule has 1 aliphatic rings. The average Bonchev–Trinajstić information content (AvgIpc) is 3.17. The molecule has 0 bridgehead atoms. The molecule has 112 valence electrons. The van der Waals surface area contributed by atoms with Gasteiger partial charge in [-0.3, -0.25) is 4.40 Å². The lowest BCUT2D eigenvalue weighted by Crippen LogP contribution is -2.16. The van der Waals surface area contributed by atoms with Crippen molar-refractivity contribution in [2.75, 3.05) is 5.32 Å². The number of halogens is 1. The molecule has 0 saturated heterocycles. The van der Waals surface area contributed by atoms with Crippen LogP contribution in [0.2, 0.25) is 0 Å². The number of hydrogen-bond donors (Lipinski definition) is 1. The van der Waals surface area contributed by atoms with E-state index in [0.29, 0.717) is 17.3 Å². The smallest absolute Gasteiger partial charge is 0.139 e. The minimum absolute atomic E-state index is 0.236. The number of nitrogens with zero attached hydrogens (tertiary/aromatic N) is 2. The number of anilines is 1. The number of rotatable bonds is 3. The highest BCUT2D eigenvalue weighted by Crippen LogP contribution is 2.32. The van der Waals surface area contributed by atoms with Crippen molar-refractivity contribution in [1.29, 1.82) is 0 Å². The van der Waals surface area contributed by atoms with Crippen LogP contribution in [0.5, 0.6) is 0 Å². The molecule has 0 atom stereocenters. The van der Waals surface area contributed by atoms with Gasteiger partial charge in [0, 0.05) is 17.8 Å². The van der Waals surface area contributed by atoms with Gasteiger partial charge in [-0.05, 0) is 37.1 Å². The minimum atomic E-state index is -0.236. The Balaban J connectivity index is 1.87. The summed E-state index contributed by atoms with van der Waals surface area (Å²) in [5.41, 5.74) is 2.07. The Kier molecular flexibility index (Phi) is 3.29. The molecule has 1 N–H and O–H groups in total. The van der Waals surface area contributed by atoms with Crippen LogP contribution in [0.4, 0.5) is 10.2 Å². The van der Waals surface area contributed by atoms with Gasteiger partial charge in [0.25, 0.3) is 0 Å². The van der Waals surface area contributed by atoms with Gasteiger partial charge in [0.1, 0.15) is 23.0 Å². The lowest BCUT2D eigenvalue weighted by atomic mass is 10.1. The summed E-state index contributed by atoms with van der Waals surface area (Å²) in [5.74, 6) is 0.660. The Hall–Kier alpha value is -2.36. The molecule has 3 aromatic rings. The highest BCUT2D eigenvalue weighted by atomic mass is 19.1. The van der Waals surface area contributed by atoms with E-state index in [1.807, 2.05) is 34.9 Å². The summed E-state index contributed by atoms with van der Waals surface area (Å²) in [7, 11) is 0. The number of hydrogen-bond acceptors (Lipinski definition) is 2. The van der Waals surface area contributed by atoms with Gasteiger partial charge < -0.3 is 5.32 Å². The van der Waals surface area contributed by atoms with Crippen LogP contribution in [-0.2, 0) is 0 Å². The van der Waals surface area contributed by atoms with E-state index in [2.05, 4.69) is 10.3 Å². The van der Waals surface area contributed by atoms with Crippen molar-refractivity contribution in [2.45, 2.75) is 31.7 Å². The van der Waals surface area contributed by atoms with E-state index in [4.69, 9.17) is 0 Å². The topological polar surface area (TPSA) is 29.3 Å². The predicted molar refractivity (Wildman–Crippen MR) is 86.5 cm³/mol. The first kappa shape index (κ1) is 13.3. The SMILES string of the molecule is Fc1ccccc1-c1nc2ccccn2c1NC1CCCC1. The van der Waals surface area contributed by atoms with E-state index in [1.54, 1.807) is 12.1 Å². The molecule has 0 radical (unpaired) electrons. The molecule has 3 nitrogen and oxygen atoms in total. The Morgan fingerprint density at radius 1 is 1.05 bits per heavy atom. The Labute approximate surface area is 128 Å². The zero-order chi connectivity index (χ0) is 14.9. The quantitative estimate of drug-likeness (QED) is 0.771. The number of nitrogens with one attached hydrogen (secondary N) is 1. The van der Waals surface area contributed by atoms with Crippen molar-refractivity contribution < 1.29 is 4.39 Å². The van der Waals surface area contributed by atoms with Crippen LogP contribution >= 0.6 is 0 Å². The maximum Gasteiger partial charge on any atom is 0.139 e. The Morgan fingerprint density at radius 2 is 1.82 bits per heavy atom. The van der Waals surface area contributed by atoms with Crippen molar-refractivity contribution in [3.05, 3.63) is 54.5 Å². The molecular formula is C18H18FN3. The number of imidazole rings is 1. The van der Waals surface area contributed by atoms with Crippen LogP contribution in [0.1, 0.15) is 25.7 Å². The molecule has 0 aliphatic heterocycles. The van der Waals surface area contributed by atoms with Crippen molar-refractivity contribution in [3.8, 4) is 11.3 Å². The first-order valence-electron chi connectivity index (χ1n) is 7.81. The van der Waals surface area contributed by atoms with Gasteiger partial charge in [-0.1, -0.05) is 31.0 Å². The van der Waals surface area contributed by atoms with Crippen LogP contribution in [0, 0.1) is 5.82 Å². The van der Waals surface area contributed by atoms with Gasteiger partial charge in [-0.15, -0.1) is 0 Å². The van der Waals surface area contributed by atoms with Gasteiger partial charge >= 0.3 is 0 Å². The summed E-state index contributed by atoms with van der Waals surface area (Å²) in [5, 5.41) is 3.59. The zero-order valence-electron chi connectivity index (χ0n) is 12.3. The van der Waals surface area contributed by atoms with E-state index in [1.165, 1.54) is 18.9 Å². The van der Waals surface area contributed by atoms with Gasteiger partial charge in [0.05, 0.1) is 0 Å². The van der Waals surface area contributed by atoms with Crippen molar-refractivity contribution >= 4 is 11.5 Å². The highest BCUT2D eigenvalue weighted by Gasteiger charge is 2.21. The van der Waals surface area contributed by atoms with E-state index in [-0.39, 0.29) is 5.82 Å². The summed E-state index contributed by atoms with van der Waals surface area (Å²) in [4.78, 5) is 4.65. The maximum absolute atomic E-state index is 14.2. The van der Waals surface area contributed by atoms with Gasteiger partial charge in [-0.25, -0.2) is 9.37 Å². The second-order valence-electron chi connectivity index (χ2n) is 5.84. The minimum Gasteiger partial charge on any atom is -0.367 e. The third kappa shape index (κ3) is 2.25. The number of fused-ring (bicyclic) bond motifs is 1. The van der Waals surface area contributed by atoms with Gasteiger partial charge in [0.2, 0.25) is 0 Å². The normalized spacial score (nSPS) is 15.5. The first-order valence-corrected chi connectivity index (χ1v) is 7.81. The molecule has 4 rings (SSSR count). The molecule has 1 fully saturated rings. The molecule has 0 spiro atoms. The molecule has 4 heteroatoms. The zero-order valence-corrected chi connectivity index (χ0v) is 12.3. The van der Waals surface area contributed by atoms with E-state index >= 15 is 0 Å². The van der Waals surface area contributed by atoms with E-state index < -0.39 is 0 Å². The molecule has 1 saturated carbocycles. The van der Waals surface area contributed by atoms with Crippen LogP contribution in [0.25, 0.3) is 16.9 Å². The first-order chi connectivity index (χ1) is 10.8. The fraction of sp³-hybridized carbons (Fsp3) is 0.278. The van der Waals surface area contributed by atoms with Crippen LogP contribution < -0.4 is 5.32 Å². The Morgan fingerprint density at radius 3 is 2.64 bits per heavy atom. The summed E-state index contributed by atoms with van der Waals surface area (Å²) < 4.78 is 16.2. The molecule has 0 amide bonds. The molecular weight excluding hydrogens is 277 g/mol. The molecule has 1 aliphatic carbocycles. The number of benzene rings is 1. The molecule has 2 heterocycles. The summed E-state index contributed by atoms with van der Waals surface area (Å²) >= 11 is 0. The van der Waals surface area contributed by atoms with Crippen LogP contribution in [-0.4, -0.2) is 15.4 Å². The fourth-order valence-electron chi connectivity index (χ4n) is 3.24.